The maximum atomic E-state index is 12.7. The predicted octanol–water partition coefficient (Wildman–Crippen LogP) is 4.05. The van der Waals surface area contributed by atoms with E-state index in [0.717, 1.165) is 30.4 Å². The molecule has 1 unspecified atom stereocenters. The van der Waals surface area contributed by atoms with E-state index in [2.05, 4.69) is 31.3 Å². The molecule has 37 heavy (non-hydrogen) atoms. The number of carbonyl (C=O) groups is 1. The number of aromatic amines is 1. The third-order valence-electron chi connectivity index (χ3n) is 5.82. The van der Waals surface area contributed by atoms with Gasteiger partial charge in [0.25, 0.3) is 5.56 Å². The zero-order chi connectivity index (χ0) is 26.3. The number of rotatable bonds is 11. The summed E-state index contributed by atoms with van der Waals surface area (Å²) in [5.74, 6) is 0.950. The summed E-state index contributed by atoms with van der Waals surface area (Å²) in [6.07, 6.45) is -2.13. The number of halogens is 3. The second-order valence-electron chi connectivity index (χ2n) is 8.55. The van der Waals surface area contributed by atoms with Crippen LogP contribution in [0, 0.1) is 0 Å². The van der Waals surface area contributed by atoms with Gasteiger partial charge in [0, 0.05) is 31.3 Å². The number of amides is 1. The molecule has 4 rings (SSSR count). The fourth-order valence-electron chi connectivity index (χ4n) is 3.86. The number of anilines is 1. The smallest absolute Gasteiger partial charge is 0.391 e. The zero-order valence-electron chi connectivity index (χ0n) is 19.9. The molecule has 196 valence electrons. The normalized spacial score (nSPS) is 15.3. The number of carbonyl (C=O) groups excluding carboxylic acids is 1. The highest BCUT2D eigenvalue weighted by atomic mass is 19.4. The molecule has 0 fully saturated rings. The molecule has 4 N–H and O–H groups in total. The van der Waals surface area contributed by atoms with Crippen molar-refractivity contribution in [2.45, 2.75) is 44.4 Å². The third kappa shape index (κ3) is 7.06. The molecule has 0 bridgehead atoms. The van der Waals surface area contributed by atoms with Crippen LogP contribution >= 0.6 is 0 Å². The summed E-state index contributed by atoms with van der Waals surface area (Å²) in [5, 5.41) is 14.0. The van der Waals surface area contributed by atoms with Gasteiger partial charge in [-0.25, -0.2) is 10.1 Å². The van der Waals surface area contributed by atoms with Gasteiger partial charge in [0.05, 0.1) is 10.9 Å². The molecular formula is C25H27F3N6O3. The van der Waals surface area contributed by atoms with Crippen LogP contribution in [0.25, 0.3) is 10.8 Å². The summed E-state index contributed by atoms with van der Waals surface area (Å²) in [6, 6.07) is 12.0. The number of benzene rings is 2. The Hall–Kier alpha value is -3.93. The lowest BCUT2D eigenvalue weighted by Crippen LogP contribution is -2.24. The largest absolute Gasteiger partial charge is 0.416 e. The van der Waals surface area contributed by atoms with Gasteiger partial charge in [-0.15, -0.1) is 5.48 Å². The molecule has 0 aliphatic carbocycles. The summed E-state index contributed by atoms with van der Waals surface area (Å²) in [5.41, 5.74) is 2.29. The highest BCUT2D eigenvalue weighted by Crippen LogP contribution is 2.30. The average molecular weight is 517 g/mol. The quantitative estimate of drug-likeness (QED) is 0.286. The van der Waals surface area contributed by atoms with Crippen LogP contribution in [0.5, 0.6) is 0 Å². The lowest BCUT2D eigenvalue weighted by Gasteiger charge is -2.09. The summed E-state index contributed by atoms with van der Waals surface area (Å²) in [6.45, 7) is 1.18. The lowest BCUT2D eigenvalue weighted by atomic mass is 10.1. The predicted molar refractivity (Wildman–Crippen MR) is 133 cm³/mol. The molecule has 9 nitrogen and oxygen atoms in total. The van der Waals surface area contributed by atoms with Gasteiger partial charge in [0.15, 0.2) is 12.0 Å². The van der Waals surface area contributed by atoms with Crippen molar-refractivity contribution < 1.29 is 22.8 Å². The molecule has 1 aliphatic rings. The second kappa shape index (κ2) is 11.9. The number of H-pyrrole nitrogens is 1. The molecule has 3 aromatic rings. The molecule has 0 spiro atoms. The van der Waals surface area contributed by atoms with Crippen molar-refractivity contribution in [2.75, 3.05) is 18.4 Å². The maximum absolute atomic E-state index is 12.7. The average Bonchev–Trinajstić information content (AvgIpc) is 3.36. The number of alkyl halides is 3. The van der Waals surface area contributed by atoms with Gasteiger partial charge in [-0.3, -0.25) is 9.59 Å². The van der Waals surface area contributed by atoms with Crippen molar-refractivity contribution in [3.8, 4) is 0 Å². The summed E-state index contributed by atoms with van der Waals surface area (Å²) >= 11 is 0. The fourth-order valence-corrected chi connectivity index (χ4v) is 3.86. The van der Waals surface area contributed by atoms with Gasteiger partial charge < -0.3 is 15.5 Å². The number of hydroxylamine groups is 1. The number of hydrogen-bond acceptors (Lipinski definition) is 7. The van der Waals surface area contributed by atoms with Gasteiger partial charge in [0.2, 0.25) is 11.8 Å². The summed E-state index contributed by atoms with van der Waals surface area (Å²) in [7, 11) is 0. The van der Waals surface area contributed by atoms with Crippen molar-refractivity contribution in [3.63, 3.8) is 0 Å². The summed E-state index contributed by atoms with van der Waals surface area (Å²) < 4.78 is 38.1. The van der Waals surface area contributed by atoms with Crippen LogP contribution in [-0.2, 0) is 15.8 Å². The van der Waals surface area contributed by atoms with E-state index < -0.39 is 17.9 Å². The Morgan fingerprint density at radius 3 is 2.49 bits per heavy atom. The van der Waals surface area contributed by atoms with Crippen molar-refractivity contribution in [1.82, 2.24) is 21.0 Å². The highest BCUT2D eigenvalue weighted by Gasteiger charge is 2.30. The first-order chi connectivity index (χ1) is 17.8. The minimum atomic E-state index is -4.39. The topological polar surface area (TPSA) is 120 Å². The molecule has 12 heteroatoms. The van der Waals surface area contributed by atoms with Crippen LogP contribution in [0.2, 0.25) is 0 Å². The molecule has 1 amide bonds. The molecular weight excluding hydrogens is 489 g/mol. The number of aromatic nitrogens is 2. The van der Waals surface area contributed by atoms with Crippen molar-refractivity contribution in [1.29, 1.82) is 0 Å². The van der Waals surface area contributed by atoms with Crippen LogP contribution in [0.3, 0.4) is 0 Å². The number of nitrogens with one attached hydrogen (secondary N) is 4. The van der Waals surface area contributed by atoms with E-state index in [-0.39, 0.29) is 11.5 Å². The van der Waals surface area contributed by atoms with Gasteiger partial charge >= 0.3 is 6.18 Å². The lowest BCUT2D eigenvalue weighted by molar-refractivity contribution is -0.137. The minimum absolute atomic E-state index is 0.0768. The molecule has 1 aromatic heterocycles. The van der Waals surface area contributed by atoms with Crippen molar-refractivity contribution in [3.05, 3.63) is 70.0 Å². The van der Waals surface area contributed by atoms with Gasteiger partial charge in [0.1, 0.15) is 0 Å². The fraction of sp³-hybridized carbons (Fsp3) is 0.360. The Bertz CT molecular complexity index is 1310. The Morgan fingerprint density at radius 2 is 1.73 bits per heavy atom. The molecule has 0 saturated heterocycles. The number of aliphatic imine (C=N–C) groups is 1. The molecule has 0 radical (unpaired) electrons. The molecule has 2 aromatic carbocycles. The zero-order valence-corrected chi connectivity index (χ0v) is 19.9. The van der Waals surface area contributed by atoms with Crippen molar-refractivity contribution in [2.24, 2.45) is 4.99 Å². The molecule has 1 aliphatic heterocycles. The third-order valence-corrected chi connectivity index (χ3v) is 5.82. The highest BCUT2D eigenvalue weighted by molar-refractivity contribution is 5.90. The standard InChI is InChI=1S/C25H27F3N6O3/c26-25(27,28)17-12-10-16(11-13-17)22-31-21(37-34-22)9-5-8-20(35)29-14-3-4-15-30-23-18-6-1-2-7-19(18)24(36)33-32-23/h1-2,6-7,10-13,22,34H,3-5,8-9,14-15H2,(H,29,35)(H,30,32)(H,33,36). The van der Waals surface area contributed by atoms with Crippen LogP contribution in [0.15, 0.2) is 58.3 Å². The van der Waals surface area contributed by atoms with E-state index in [1.165, 1.54) is 12.1 Å². The molecule has 2 heterocycles. The van der Waals surface area contributed by atoms with E-state index in [0.29, 0.717) is 55.0 Å². The summed E-state index contributed by atoms with van der Waals surface area (Å²) in [4.78, 5) is 33.6. The van der Waals surface area contributed by atoms with Crippen molar-refractivity contribution >= 4 is 28.4 Å². The van der Waals surface area contributed by atoms with E-state index in [9.17, 15) is 22.8 Å². The number of unbranched alkanes of at least 4 members (excludes halogenated alkanes) is 1. The van der Waals surface area contributed by atoms with E-state index in [1.54, 1.807) is 12.1 Å². The number of hydrogen-bond donors (Lipinski definition) is 4. The van der Waals surface area contributed by atoms with Gasteiger partial charge in [-0.1, -0.05) is 30.3 Å². The Morgan fingerprint density at radius 1 is 1.00 bits per heavy atom. The van der Waals surface area contributed by atoms with Crippen LogP contribution in [0.1, 0.15) is 49.4 Å². The van der Waals surface area contributed by atoms with Crippen LogP contribution in [-0.4, -0.2) is 35.1 Å². The Kier molecular flexibility index (Phi) is 8.39. The van der Waals surface area contributed by atoms with Gasteiger partial charge in [-0.05, 0) is 43.0 Å². The Labute approximate surface area is 210 Å². The molecule has 1 atom stereocenters. The van der Waals surface area contributed by atoms with E-state index >= 15 is 0 Å². The Balaban J connectivity index is 1.10. The SMILES string of the molecule is O=C(CCCC1=NC(c2ccc(C(F)(F)F)cc2)NO1)NCCCCNc1n[nH]c(=O)c2ccccc12. The first kappa shape index (κ1) is 26.1. The maximum Gasteiger partial charge on any atom is 0.416 e. The van der Waals surface area contributed by atoms with Gasteiger partial charge in [-0.2, -0.15) is 18.3 Å². The minimum Gasteiger partial charge on any atom is -0.391 e. The first-order valence-corrected chi connectivity index (χ1v) is 12.0. The van der Waals surface area contributed by atoms with E-state index in [4.69, 9.17) is 4.84 Å². The number of nitrogens with zero attached hydrogens (tertiary/aromatic N) is 2. The number of fused-ring (bicyclic) bond motifs is 1. The molecule has 0 saturated carbocycles. The van der Waals surface area contributed by atoms with E-state index in [1.807, 2.05) is 12.1 Å². The first-order valence-electron chi connectivity index (χ1n) is 12.0. The van der Waals surface area contributed by atoms with Crippen LogP contribution in [0.4, 0.5) is 19.0 Å². The second-order valence-corrected chi connectivity index (χ2v) is 8.55. The monoisotopic (exact) mass is 516 g/mol. The van der Waals surface area contributed by atoms with Crippen LogP contribution < -0.4 is 21.7 Å².